The lowest BCUT2D eigenvalue weighted by Crippen LogP contribution is -2.67. The van der Waals surface area contributed by atoms with Gasteiger partial charge in [-0.2, -0.15) is 0 Å². The number of hydrogen-bond donors (Lipinski definition) is 0. The predicted octanol–water partition coefficient (Wildman–Crippen LogP) is 5.34. The Morgan fingerprint density at radius 1 is 0.972 bits per heavy atom. The Morgan fingerprint density at radius 3 is 2.22 bits per heavy atom. The number of fused-ring (bicyclic) bond motifs is 4. The summed E-state index contributed by atoms with van der Waals surface area (Å²) in [6.45, 7) is 3.86. The minimum Gasteiger partial charge on any atom is -0.493 e. The van der Waals surface area contributed by atoms with Crippen molar-refractivity contribution in [3.8, 4) is 23.0 Å². The van der Waals surface area contributed by atoms with E-state index in [1.807, 2.05) is 62.4 Å². The van der Waals surface area contributed by atoms with Gasteiger partial charge in [-0.05, 0) is 44.2 Å². The van der Waals surface area contributed by atoms with Gasteiger partial charge < -0.3 is 18.9 Å². The number of methoxy groups -OCH3 is 3. The monoisotopic (exact) mass is 488 g/mol. The van der Waals surface area contributed by atoms with E-state index in [4.69, 9.17) is 18.9 Å². The number of aryl methyl sites for hydroxylation is 1. The fourth-order valence-corrected chi connectivity index (χ4v) is 5.06. The number of ether oxygens (including phenoxy) is 4. The summed E-state index contributed by atoms with van der Waals surface area (Å²) >= 11 is 0. The lowest BCUT2D eigenvalue weighted by Gasteiger charge is -2.53. The summed E-state index contributed by atoms with van der Waals surface area (Å²) < 4.78 is 22.7. The standard InChI is InChI=1S/C28H28N2O6/c1-17-10-12-19(13-11-17)30-27(32)29(21-16-28(30,2)36-22-9-7-6-8-20(21)22)26(31)18-14-23(33-3)25(35-5)24(15-18)34-4/h6-15,21H,16H2,1-5H3. The van der Waals surface area contributed by atoms with Gasteiger partial charge >= 0.3 is 6.03 Å². The average molecular weight is 489 g/mol. The highest BCUT2D eigenvalue weighted by Gasteiger charge is 2.55. The van der Waals surface area contributed by atoms with E-state index in [1.165, 1.54) is 26.2 Å². The van der Waals surface area contributed by atoms with Gasteiger partial charge in [-0.1, -0.05) is 35.9 Å². The molecule has 2 atom stereocenters. The van der Waals surface area contributed by atoms with Crippen LogP contribution in [0.15, 0.2) is 60.7 Å². The molecular weight excluding hydrogens is 460 g/mol. The molecule has 2 bridgehead atoms. The zero-order chi connectivity index (χ0) is 25.6. The van der Waals surface area contributed by atoms with E-state index < -0.39 is 23.7 Å². The second-order valence-electron chi connectivity index (χ2n) is 9.08. The van der Waals surface area contributed by atoms with E-state index in [0.717, 1.165) is 11.1 Å². The average Bonchev–Trinajstić information content (AvgIpc) is 2.88. The van der Waals surface area contributed by atoms with Gasteiger partial charge in [-0.25, -0.2) is 4.79 Å². The van der Waals surface area contributed by atoms with Gasteiger partial charge in [0, 0.05) is 23.2 Å². The first-order valence-corrected chi connectivity index (χ1v) is 11.6. The van der Waals surface area contributed by atoms with Crippen LogP contribution < -0.4 is 23.8 Å². The molecule has 1 saturated heterocycles. The summed E-state index contributed by atoms with van der Waals surface area (Å²) in [6.07, 6.45) is 0.403. The summed E-state index contributed by atoms with van der Waals surface area (Å²) in [6, 6.07) is 17.3. The lowest BCUT2D eigenvalue weighted by atomic mass is 9.88. The number of para-hydroxylation sites is 1. The van der Waals surface area contributed by atoms with E-state index >= 15 is 0 Å². The molecule has 36 heavy (non-hydrogen) atoms. The largest absolute Gasteiger partial charge is 0.493 e. The van der Waals surface area contributed by atoms with Crippen molar-refractivity contribution in [2.24, 2.45) is 0 Å². The Labute approximate surface area is 209 Å². The van der Waals surface area contributed by atoms with Crippen LogP contribution in [0.25, 0.3) is 0 Å². The molecule has 3 aromatic carbocycles. The van der Waals surface area contributed by atoms with Crippen LogP contribution >= 0.6 is 0 Å². The third-order valence-electron chi connectivity index (χ3n) is 6.78. The SMILES string of the molecule is COc1cc(C(=O)N2C(=O)N(c3ccc(C)cc3)C3(C)CC2c2ccccc2O3)cc(OC)c1OC. The minimum absolute atomic E-state index is 0.245. The maximum absolute atomic E-state index is 14.2. The predicted molar refractivity (Wildman–Crippen MR) is 134 cm³/mol. The molecule has 2 aliphatic rings. The molecule has 0 radical (unpaired) electrons. The zero-order valence-electron chi connectivity index (χ0n) is 20.9. The second-order valence-corrected chi connectivity index (χ2v) is 9.08. The lowest BCUT2D eigenvalue weighted by molar-refractivity contribution is 0.00265. The van der Waals surface area contributed by atoms with Crippen molar-refractivity contribution in [2.75, 3.05) is 26.2 Å². The van der Waals surface area contributed by atoms with E-state index in [2.05, 4.69) is 0 Å². The van der Waals surface area contributed by atoms with Crippen molar-refractivity contribution in [1.29, 1.82) is 0 Å². The molecule has 0 N–H and O–H groups in total. The normalized spacial score (nSPS) is 20.4. The van der Waals surface area contributed by atoms with Crippen LogP contribution in [0.2, 0.25) is 0 Å². The third-order valence-corrected chi connectivity index (χ3v) is 6.78. The fraction of sp³-hybridized carbons (Fsp3) is 0.286. The van der Waals surface area contributed by atoms with E-state index in [9.17, 15) is 9.59 Å². The molecule has 3 aromatic rings. The Morgan fingerprint density at radius 2 is 1.61 bits per heavy atom. The van der Waals surface area contributed by atoms with E-state index in [0.29, 0.717) is 35.1 Å². The first-order valence-electron chi connectivity index (χ1n) is 11.6. The molecule has 8 nitrogen and oxygen atoms in total. The van der Waals surface area contributed by atoms with Crippen LogP contribution in [0, 0.1) is 6.92 Å². The molecule has 2 aliphatic heterocycles. The van der Waals surface area contributed by atoms with E-state index in [1.54, 1.807) is 17.0 Å². The number of anilines is 1. The number of urea groups is 1. The van der Waals surface area contributed by atoms with Crippen molar-refractivity contribution in [2.45, 2.75) is 32.0 Å². The van der Waals surface area contributed by atoms with Gasteiger partial charge in [0.25, 0.3) is 5.91 Å². The second kappa shape index (κ2) is 8.78. The first kappa shape index (κ1) is 23.5. The maximum atomic E-state index is 14.2. The number of amides is 3. The highest BCUT2D eigenvalue weighted by molar-refractivity contribution is 6.11. The fourth-order valence-electron chi connectivity index (χ4n) is 5.06. The van der Waals surface area contributed by atoms with Gasteiger partial charge in [0.2, 0.25) is 5.75 Å². The Bertz CT molecular complexity index is 1310. The van der Waals surface area contributed by atoms with Gasteiger partial charge in [-0.15, -0.1) is 0 Å². The molecular formula is C28H28N2O6. The van der Waals surface area contributed by atoms with Crippen molar-refractivity contribution >= 4 is 17.6 Å². The molecule has 0 saturated carbocycles. The number of rotatable bonds is 5. The Kier molecular flexibility index (Phi) is 5.74. The molecule has 0 aromatic heterocycles. The molecule has 8 heteroatoms. The summed E-state index contributed by atoms with van der Waals surface area (Å²) in [7, 11) is 4.46. The van der Waals surface area contributed by atoms with Crippen LogP contribution in [-0.2, 0) is 0 Å². The molecule has 186 valence electrons. The van der Waals surface area contributed by atoms with Crippen LogP contribution in [0.4, 0.5) is 10.5 Å². The summed E-state index contributed by atoms with van der Waals surface area (Å²) in [5.41, 5.74) is 1.76. The van der Waals surface area contributed by atoms with Gasteiger partial charge in [0.15, 0.2) is 17.2 Å². The quantitative estimate of drug-likeness (QED) is 0.482. The van der Waals surface area contributed by atoms with Crippen molar-refractivity contribution in [3.63, 3.8) is 0 Å². The summed E-state index contributed by atoms with van der Waals surface area (Å²) in [5, 5.41) is 0. The van der Waals surface area contributed by atoms with Gasteiger partial charge in [0.1, 0.15) is 5.75 Å². The highest BCUT2D eigenvalue weighted by Crippen LogP contribution is 2.50. The molecule has 0 spiro atoms. The molecule has 1 fully saturated rings. The van der Waals surface area contributed by atoms with Crippen LogP contribution in [0.1, 0.15) is 40.9 Å². The van der Waals surface area contributed by atoms with Crippen LogP contribution in [0.3, 0.4) is 0 Å². The molecule has 2 unspecified atom stereocenters. The number of nitrogens with zero attached hydrogens (tertiary/aromatic N) is 2. The molecule has 2 heterocycles. The molecule has 3 amide bonds. The highest BCUT2D eigenvalue weighted by atomic mass is 16.5. The first-order chi connectivity index (χ1) is 17.3. The Balaban J connectivity index is 1.67. The van der Waals surface area contributed by atoms with Crippen LogP contribution in [-0.4, -0.2) is 43.9 Å². The smallest absolute Gasteiger partial charge is 0.335 e. The summed E-state index contributed by atoms with van der Waals surface area (Å²) in [5.74, 6) is 1.20. The number of imide groups is 1. The number of benzene rings is 3. The Hall–Kier alpha value is -4.20. The number of carbonyl (C=O) groups excluding carboxylic acids is 2. The van der Waals surface area contributed by atoms with E-state index in [-0.39, 0.29) is 5.56 Å². The van der Waals surface area contributed by atoms with Crippen molar-refractivity contribution < 1.29 is 28.5 Å². The maximum Gasteiger partial charge on any atom is 0.335 e. The number of hydrogen-bond acceptors (Lipinski definition) is 6. The third kappa shape index (κ3) is 3.61. The van der Waals surface area contributed by atoms with Crippen LogP contribution in [0.5, 0.6) is 23.0 Å². The zero-order valence-corrected chi connectivity index (χ0v) is 20.9. The van der Waals surface area contributed by atoms with Gasteiger partial charge in [-0.3, -0.25) is 14.6 Å². The van der Waals surface area contributed by atoms with Gasteiger partial charge in [0.05, 0.1) is 27.4 Å². The molecule has 0 aliphatic carbocycles. The van der Waals surface area contributed by atoms with Crippen molar-refractivity contribution in [1.82, 2.24) is 4.90 Å². The topological polar surface area (TPSA) is 77.5 Å². The van der Waals surface area contributed by atoms with Crippen molar-refractivity contribution in [3.05, 3.63) is 77.4 Å². The minimum atomic E-state index is -0.975. The number of carbonyl (C=O) groups is 2. The molecule has 5 rings (SSSR count). The summed E-state index contributed by atoms with van der Waals surface area (Å²) in [4.78, 5) is 31.1.